The molecule has 0 aliphatic rings. The molecular weight excluding hydrogens is 132 g/mol. The first-order chi connectivity index (χ1) is 3.63. The number of nitrogens with zero attached hydrogens (tertiary/aromatic N) is 1. The van der Waals surface area contributed by atoms with Gasteiger partial charge in [-0.05, 0) is 0 Å². The predicted molar refractivity (Wildman–Crippen MR) is 29.1 cm³/mol. The molecule has 0 saturated carbocycles. The van der Waals surface area contributed by atoms with Gasteiger partial charge in [-0.2, -0.15) is 0 Å². The number of rotatable bonds is 3. The second-order valence-electron chi connectivity index (χ2n) is 1.14. The third-order valence-corrected chi connectivity index (χ3v) is 1.06. The summed E-state index contributed by atoms with van der Waals surface area (Å²) in [5.74, 6) is -0.0625. The molecule has 2 N–H and O–H groups in total. The van der Waals surface area contributed by atoms with E-state index in [0.29, 0.717) is 0 Å². The van der Waals surface area contributed by atoms with Crippen molar-refractivity contribution in [2.45, 2.75) is 0 Å². The molecule has 6 heteroatoms. The highest BCUT2D eigenvalue weighted by Crippen LogP contribution is 1.70. The van der Waals surface area contributed by atoms with Gasteiger partial charge in [0.25, 0.3) is 0 Å². The standard InChI is InChI=1S/C2H6N2O3S/c3-8(7)2-1-4(5)6/h1-3H2. The molecule has 0 spiro atoms. The third kappa shape index (κ3) is 5.51. The van der Waals surface area contributed by atoms with E-state index < -0.39 is 15.9 Å². The molecule has 0 aromatic carbocycles. The molecule has 0 fully saturated rings. The molecule has 5 nitrogen and oxygen atoms in total. The Balaban J connectivity index is 3.18. The minimum atomic E-state index is -1.53. The lowest BCUT2D eigenvalue weighted by Crippen LogP contribution is -2.15. The van der Waals surface area contributed by atoms with Gasteiger partial charge in [0.05, 0.1) is 11.0 Å². The molecule has 0 saturated heterocycles. The van der Waals surface area contributed by atoms with Crippen molar-refractivity contribution in [3.63, 3.8) is 0 Å². The van der Waals surface area contributed by atoms with Crippen LogP contribution < -0.4 is 5.14 Å². The molecule has 0 amide bonds. The van der Waals surface area contributed by atoms with E-state index in [2.05, 4.69) is 0 Å². The molecule has 0 radical (unpaired) electrons. The highest BCUT2D eigenvalue weighted by Gasteiger charge is 1.97. The van der Waals surface area contributed by atoms with Crippen molar-refractivity contribution >= 4 is 11.0 Å². The predicted octanol–water partition coefficient (Wildman–Crippen LogP) is -1.11. The lowest BCUT2D eigenvalue weighted by Gasteiger charge is -1.86. The van der Waals surface area contributed by atoms with Crippen molar-refractivity contribution < 1.29 is 9.13 Å². The lowest BCUT2D eigenvalue weighted by atomic mass is 10.8. The molecule has 0 aliphatic carbocycles. The third-order valence-electron chi connectivity index (χ3n) is 0.475. The van der Waals surface area contributed by atoms with E-state index in [1.54, 1.807) is 0 Å². The van der Waals surface area contributed by atoms with Crippen LogP contribution in [0, 0.1) is 10.1 Å². The number of nitrogens with two attached hydrogens (primary N) is 1. The smallest absolute Gasteiger partial charge is 0.216 e. The monoisotopic (exact) mass is 138 g/mol. The Morgan fingerprint density at radius 3 is 2.38 bits per heavy atom. The number of hydrogen-bond acceptors (Lipinski definition) is 3. The zero-order chi connectivity index (χ0) is 6.57. The summed E-state index contributed by atoms with van der Waals surface area (Å²) in [4.78, 5) is 8.97. The van der Waals surface area contributed by atoms with Gasteiger partial charge in [-0.15, -0.1) is 0 Å². The minimum absolute atomic E-state index is 0.0625. The summed E-state index contributed by atoms with van der Waals surface area (Å²) in [7, 11) is -1.53. The van der Waals surface area contributed by atoms with Crippen molar-refractivity contribution in [3.05, 3.63) is 10.1 Å². The molecule has 48 valence electrons. The maximum atomic E-state index is 9.93. The molecule has 0 rings (SSSR count). The summed E-state index contributed by atoms with van der Waals surface area (Å²) in [5.41, 5.74) is 0. The zero-order valence-electron chi connectivity index (χ0n) is 4.07. The van der Waals surface area contributed by atoms with E-state index in [-0.39, 0.29) is 12.3 Å². The van der Waals surface area contributed by atoms with Crippen LogP contribution in [0.2, 0.25) is 0 Å². The van der Waals surface area contributed by atoms with Gasteiger partial charge in [-0.25, -0.2) is 4.21 Å². The lowest BCUT2D eigenvalue weighted by molar-refractivity contribution is -0.474. The van der Waals surface area contributed by atoms with Crippen LogP contribution >= 0.6 is 0 Å². The second kappa shape index (κ2) is 3.50. The fourth-order valence-corrected chi connectivity index (χ4v) is 0.494. The van der Waals surface area contributed by atoms with Gasteiger partial charge >= 0.3 is 0 Å². The van der Waals surface area contributed by atoms with Crippen molar-refractivity contribution in [2.24, 2.45) is 5.14 Å². The molecule has 0 aliphatic heterocycles. The molecular formula is C2H6N2O3S. The fourth-order valence-electron chi connectivity index (χ4n) is 0.165. The Morgan fingerprint density at radius 1 is 1.75 bits per heavy atom. The van der Waals surface area contributed by atoms with Gasteiger partial charge in [0, 0.05) is 4.92 Å². The summed E-state index contributed by atoms with van der Waals surface area (Å²) in [6, 6.07) is 0. The largest absolute Gasteiger partial charge is 0.265 e. The Kier molecular flexibility index (Phi) is 3.29. The average molecular weight is 138 g/mol. The van der Waals surface area contributed by atoms with Crippen molar-refractivity contribution in [1.82, 2.24) is 0 Å². The van der Waals surface area contributed by atoms with Gasteiger partial charge in [-0.3, -0.25) is 15.3 Å². The quantitative estimate of drug-likeness (QED) is 0.396. The fraction of sp³-hybridized carbons (Fsp3) is 1.00. The normalized spacial score (nSPS) is 13.1. The maximum absolute atomic E-state index is 9.93. The molecule has 1 atom stereocenters. The van der Waals surface area contributed by atoms with Gasteiger partial charge in [0.2, 0.25) is 6.54 Å². The Morgan fingerprint density at radius 2 is 2.25 bits per heavy atom. The van der Waals surface area contributed by atoms with E-state index in [1.807, 2.05) is 0 Å². The van der Waals surface area contributed by atoms with Gasteiger partial charge in [0.1, 0.15) is 5.75 Å². The number of hydrogen-bond donors (Lipinski definition) is 1. The maximum Gasteiger partial charge on any atom is 0.216 e. The van der Waals surface area contributed by atoms with E-state index >= 15 is 0 Å². The molecule has 0 aromatic heterocycles. The van der Waals surface area contributed by atoms with Crippen molar-refractivity contribution in [3.8, 4) is 0 Å². The average Bonchev–Trinajstić information content (AvgIpc) is 1.61. The summed E-state index contributed by atoms with van der Waals surface area (Å²) < 4.78 is 9.93. The molecule has 8 heavy (non-hydrogen) atoms. The van der Waals surface area contributed by atoms with Crippen LogP contribution in [0.5, 0.6) is 0 Å². The molecule has 0 heterocycles. The SMILES string of the molecule is NS(=O)CC[N+](=O)[O-]. The summed E-state index contributed by atoms with van der Waals surface area (Å²) in [6.45, 7) is -0.316. The van der Waals surface area contributed by atoms with Crippen LogP contribution in [-0.2, 0) is 11.0 Å². The Bertz CT molecular complexity index is 99.9. The van der Waals surface area contributed by atoms with Crippen molar-refractivity contribution in [2.75, 3.05) is 12.3 Å². The minimum Gasteiger partial charge on any atom is -0.265 e. The molecule has 1 unspecified atom stereocenters. The van der Waals surface area contributed by atoms with E-state index in [9.17, 15) is 14.3 Å². The van der Waals surface area contributed by atoms with Gasteiger partial charge < -0.3 is 0 Å². The first-order valence-corrected chi connectivity index (χ1v) is 3.25. The van der Waals surface area contributed by atoms with E-state index in [0.717, 1.165) is 0 Å². The highest BCUT2D eigenvalue weighted by atomic mass is 32.2. The zero-order valence-corrected chi connectivity index (χ0v) is 4.89. The number of nitro groups is 1. The Labute approximate surface area is 48.6 Å². The first kappa shape index (κ1) is 7.51. The van der Waals surface area contributed by atoms with Crippen LogP contribution in [0.1, 0.15) is 0 Å². The summed E-state index contributed by atoms with van der Waals surface area (Å²) in [5, 5.41) is 14.2. The van der Waals surface area contributed by atoms with Crippen LogP contribution in [-0.4, -0.2) is 21.4 Å². The molecule has 0 bridgehead atoms. The molecule has 0 aromatic rings. The van der Waals surface area contributed by atoms with Crippen LogP contribution in [0.4, 0.5) is 0 Å². The second-order valence-corrected chi connectivity index (χ2v) is 2.31. The van der Waals surface area contributed by atoms with Gasteiger partial charge in [0.15, 0.2) is 0 Å². The van der Waals surface area contributed by atoms with Crippen LogP contribution in [0.25, 0.3) is 0 Å². The summed E-state index contributed by atoms with van der Waals surface area (Å²) >= 11 is 0. The topological polar surface area (TPSA) is 86.2 Å². The van der Waals surface area contributed by atoms with E-state index in [1.165, 1.54) is 0 Å². The van der Waals surface area contributed by atoms with E-state index in [4.69, 9.17) is 5.14 Å². The Hall–Kier alpha value is -0.490. The van der Waals surface area contributed by atoms with Crippen LogP contribution in [0.3, 0.4) is 0 Å². The highest BCUT2D eigenvalue weighted by molar-refractivity contribution is 7.82. The van der Waals surface area contributed by atoms with Crippen molar-refractivity contribution in [1.29, 1.82) is 0 Å². The van der Waals surface area contributed by atoms with Gasteiger partial charge in [-0.1, -0.05) is 0 Å². The first-order valence-electron chi connectivity index (χ1n) is 1.87. The van der Waals surface area contributed by atoms with Crippen LogP contribution in [0.15, 0.2) is 0 Å². The summed E-state index contributed by atoms with van der Waals surface area (Å²) in [6.07, 6.45) is 0.